The molecule has 0 saturated carbocycles. The van der Waals surface area contributed by atoms with Gasteiger partial charge in [-0.25, -0.2) is 4.79 Å². The summed E-state index contributed by atoms with van der Waals surface area (Å²) in [4.78, 5) is 16.3. The van der Waals surface area contributed by atoms with Gasteiger partial charge in [0.25, 0.3) is 0 Å². The molecule has 1 heterocycles. The topological polar surface area (TPSA) is 63.0 Å². The van der Waals surface area contributed by atoms with E-state index in [1.807, 2.05) is 30.3 Å². The fourth-order valence-corrected chi connectivity index (χ4v) is 2.05. The van der Waals surface area contributed by atoms with Crippen LogP contribution in [-0.4, -0.2) is 17.6 Å². The van der Waals surface area contributed by atoms with Gasteiger partial charge in [-0.2, -0.15) is 5.26 Å². The molecule has 0 unspecified atom stereocenters. The minimum atomic E-state index is -0.451. The third kappa shape index (κ3) is 2.52. The number of benzene rings is 1. The van der Waals surface area contributed by atoms with Crippen molar-refractivity contribution in [1.82, 2.24) is 4.98 Å². The Balaban J connectivity index is 2.73. The van der Waals surface area contributed by atoms with E-state index in [-0.39, 0.29) is 6.61 Å². The largest absolute Gasteiger partial charge is 0.462 e. The van der Waals surface area contributed by atoms with Crippen molar-refractivity contribution in [1.29, 1.82) is 5.26 Å². The second kappa shape index (κ2) is 5.98. The molecule has 0 amide bonds. The van der Waals surface area contributed by atoms with Gasteiger partial charge in [-0.3, -0.25) is 4.98 Å². The van der Waals surface area contributed by atoms with E-state index in [1.54, 1.807) is 13.8 Å². The number of hydrogen-bond acceptors (Lipinski definition) is 4. The molecule has 0 saturated heterocycles. The smallest absolute Gasteiger partial charge is 0.340 e. The van der Waals surface area contributed by atoms with Gasteiger partial charge in [0, 0.05) is 11.8 Å². The number of pyridine rings is 1. The lowest BCUT2D eigenvalue weighted by Crippen LogP contribution is -2.11. The summed E-state index contributed by atoms with van der Waals surface area (Å²) in [6.45, 7) is 3.76. The van der Waals surface area contributed by atoms with E-state index >= 15 is 0 Å². The van der Waals surface area contributed by atoms with Crippen LogP contribution < -0.4 is 0 Å². The highest BCUT2D eigenvalue weighted by Gasteiger charge is 2.21. The Hall–Kier alpha value is -2.67. The van der Waals surface area contributed by atoms with Crippen LogP contribution in [0.2, 0.25) is 0 Å². The van der Waals surface area contributed by atoms with Crippen molar-refractivity contribution in [2.75, 3.05) is 6.61 Å². The van der Waals surface area contributed by atoms with Gasteiger partial charge < -0.3 is 4.74 Å². The molecule has 0 atom stereocenters. The van der Waals surface area contributed by atoms with E-state index in [1.165, 1.54) is 6.20 Å². The molecule has 0 radical (unpaired) electrons. The zero-order valence-corrected chi connectivity index (χ0v) is 11.4. The van der Waals surface area contributed by atoms with Crippen molar-refractivity contribution in [3.63, 3.8) is 0 Å². The van der Waals surface area contributed by atoms with Crippen LogP contribution >= 0.6 is 0 Å². The van der Waals surface area contributed by atoms with Crippen LogP contribution in [0.15, 0.2) is 36.5 Å². The first-order valence-corrected chi connectivity index (χ1v) is 6.31. The fraction of sp³-hybridized carbons (Fsp3) is 0.188. The van der Waals surface area contributed by atoms with Crippen molar-refractivity contribution in [3.8, 4) is 17.2 Å². The molecule has 100 valence electrons. The molecule has 0 spiro atoms. The first-order chi connectivity index (χ1) is 9.69. The molecule has 2 rings (SSSR count). The van der Waals surface area contributed by atoms with Gasteiger partial charge in [-0.05, 0) is 19.4 Å². The van der Waals surface area contributed by atoms with Crippen molar-refractivity contribution in [2.24, 2.45) is 0 Å². The first-order valence-electron chi connectivity index (χ1n) is 6.31. The summed E-state index contributed by atoms with van der Waals surface area (Å²) >= 11 is 0. The van der Waals surface area contributed by atoms with Crippen LogP contribution in [0.4, 0.5) is 0 Å². The number of esters is 1. The third-order valence-electron chi connectivity index (χ3n) is 2.93. The molecule has 0 fully saturated rings. The molecule has 0 aliphatic rings. The number of nitrogens with zero attached hydrogens (tertiary/aromatic N) is 2. The lowest BCUT2D eigenvalue weighted by molar-refractivity contribution is 0.0526. The molecular formula is C16H14N2O2. The number of aryl methyl sites for hydroxylation is 1. The van der Waals surface area contributed by atoms with Gasteiger partial charge >= 0.3 is 5.97 Å². The van der Waals surface area contributed by atoms with Gasteiger partial charge in [0.1, 0.15) is 6.07 Å². The van der Waals surface area contributed by atoms with Crippen LogP contribution in [0, 0.1) is 18.3 Å². The van der Waals surface area contributed by atoms with Gasteiger partial charge in [0.2, 0.25) is 0 Å². The highest BCUT2D eigenvalue weighted by molar-refractivity contribution is 5.99. The van der Waals surface area contributed by atoms with E-state index in [4.69, 9.17) is 4.74 Å². The van der Waals surface area contributed by atoms with Crippen LogP contribution in [0.1, 0.15) is 28.5 Å². The van der Waals surface area contributed by atoms with E-state index in [9.17, 15) is 10.1 Å². The minimum Gasteiger partial charge on any atom is -0.462 e. The summed E-state index contributed by atoms with van der Waals surface area (Å²) in [5, 5.41) is 9.26. The number of carbonyl (C=O) groups excluding carboxylic acids is 1. The molecule has 4 heteroatoms. The van der Waals surface area contributed by atoms with Crippen LogP contribution in [-0.2, 0) is 4.74 Å². The highest BCUT2D eigenvalue weighted by atomic mass is 16.5. The number of hydrogen-bond donors (Lipinski definition) is 0. The number of aromatic nitrogens is 1. The Bertz CT molecular complexity index is 673. The molecule has 2 aromatic rings. The molecule has 0 aliphatic carbocycles. The predicted molar refractivity (Wildman–Crippen MR) is 75.1 cm³/mol. The Morgan fingerprint density at radius 1 is 1.35 bits per heavy atom. The molecule has 0 bridgehead atoms. The highest BCUT2D eigenvalue weighted by Crippen LogP contribution is 2.29. The summed E-state index contributed by atoms with van der Waals surface area (Å²) in [5.41, 5.74) is 2.67. The number of carbonyl (C=O) groups is 1. The van der Waals surface area contributed by atoms with Gasteiger partial charge in [-0.15, -0.1) is 0 Å². The van der Waals surface area contributed by atoms with Gasteiger partial charge in [0.05, 0.1) is 23.4 Å². The Morgan fingerprint density at radius 2 is 2.05 bits per heavy atom. The average molecular weight is 266 g/mol. The normalized spacial score (nSPS) is 9.85. The molecule has 0 aliphatic heterocycles. The van der Waals surface area contributed by atoms with E-state index in [2.05, 4.69) is 11.1 Å². The maximum Gasteiger partial charge on any atom is 0.340 e. The fourth-order valence-electron chi connectivity index (χ4n) is 2.05. The van der Waals surface area contributed by atoms with Crippen LogP contribution in [0.25, 0.3) is 11.1 Å². The summed E-state index contributed by atoms with van der Waals surface area (Å²) in [6.07, 6.45) is 1.49. The first kappa shape index (κ1) is 13.8. The molecule has 1 aromatic carbocycles. The number of ether oxygens (including phenoxy) is 1. The molecule has 20 heavy (non-hydrogen) atoms. The Labute approximate surface area is 117 Å². The summed E-state index contributed by atoms with van der Waals surface area (Å²) in [5.74, 6) is -0.451. The maximum absolute atomic E-state index is 12.2. The molecule has 0 N–H and O–H groups in total. The molecule has 4 nitrogen and oxygen atoms in total. The van der Waals surface area contributed by atoms with E-state index in [0.717, 1.165) is 5.56 Å². The zero-order valence-electron chi connectivity index (χ0n) is 11.4. The maximum atomic E-state index is 12.2. The van der Waals surface area contributed by atoms with E-state index < -0.39 is 5.97 Å². The second-order valence-corrected chi connectivity index (χ2v) is 4.21. The SMILES string of the molecule is CCOC(=O)c1c(C)ncc(C#N)c1-c1ccccc1. The quantitative estimate of drug-likeness (QED) is 0.801. The summed E-state index contributed by atoms with van der Waals surface area (Å²) < 4.78 is 5.08. The minimum absolute atomic E-state index is 0.281. The van der Waals surface area contributed by atoms with Crippen molar-refractivity contribution < 1.29 is 9.53 Å². The average Bonchev–Trinajstić information content (AvgIpc) is 2.48. The summed E-state index contributed by atoms with van der Waals surface area (Å²) in [7, 11) is 0. The van der Waals surface area contributed by atoms with E-state index in [0.29, 0.717) is 22.4 Å². The monoisotopic (exact) mass is 266 g/mol. The van der Waals surface area contributed by atoms with Crippen molar-refractivity contribution >= 4 is 5.97 Å². The standard InChI is InChI=1S/C16H14N2O2/c1-3-20-16(19)14-11(2)18-10-13(9-17)15(14)12-7-5-4-6-8-12/h4-8,10H,3H2,1-2H3. The zero-order chi connectivity index (χ0) is 14.5. The second-order valence-electron chi connectivity index (χ2n) is 4.21. The Kier molecular flexibility index (Phi) is 4.11. The molecular weight excluding hydrogens is 252 g/mol. The predicted octanol–water partition coefficient (Wildman–Crippen LogP) is 3.11. The van der Waals surface area contributed by atoms with Crippen molar-refractivity contribution in [2.45, 2.75) is 13.8 Å². The molecule has 1 aromatic heterocycles. The number of nitriles is 1. The van der Waals surface area contributed by atoms with Crippen LogP contribution in [0.5, 0.6) is 0 Å². The van der Waals surface area contributed by atoms with Gasteiger partial charge in [0.15, 0.2) is 0 Å². The number of rotatable bonds is 3. The van der Waals surface area contributed by atoms with Gasteiger partial charge in [-0.1, -0.05) is 30.3 Å². The van der Waals surface area contributed by atoms with Crippen molar-refractivity contribution in [3.05, 3.63) is 53.3 Å². The third-order valence-corrected chi connectivity index (χ3v) is 2.93. The lowest BCUT2D eigenvalue weighted by Gasteiger charge is -2.12. The Morgan fingerprint density at radius 3 is 2.65 bits per heavy atom. The lowest BCUT2D eigenvalue weighted by atomic mass is 9.95. The summed E-state index contributed by atoms with van der Waals surface area (Å²) in [6, 6.07) is 11.4. The van der Waals surface area contributed by atoms with Crippen LogP contribution in [0.3, 0.4) is 0 Å².